The third kappa shape index (κ3) is 5.53. The minimum atomic E-state index is -3.80. The lowest BCUT2D eigenvalue weighted by molar-refractivity contribution is -0.117. The number of nitrogens with one attached hydrogen (secondary N) is 1. The Kier molecular flexibility index (Phi) is 7.89. The molecule has 0 saturated carbocycles. The Hall–Kier alpha value is -2.63. The van der Waals surface area contributed by atoms with Gasteiger partial charge >= 0.3 is 0 Å². The molecule has 9 nitrogen and oxygen atoms in total. The number of carbonyl (C=O) groups is 1. The number of benzene rings is 2. The van der Waals surface area contributed by atoms with E-state index >= 15 is 0 Å². The first-order chi connectivity index (χ1) is 16.0. The van der Waals surface area contributed by atoms with Gasteiger partial charge in [-0.25, -0.2) is 16.8 Å². The van der Waals surface area contributed by atoms with E-state index in [4.69, 9.17) is 4.74 Å². The van der Waals surface area contributed by atoms with Gasteiger partial charge in [0.1, 0.15) is 11.8 Å². The zero-order chi connectivity index (χ0) is 25.1. The second-order valence-electron chi connectivity index (χ2n) is 8.28. The Labute approximate surface area is 201 Å². The number of ether oxygens (including phenoxy) is 1. The lowest BCUT2D eigenvalue weighted by Crippen LogP contribution is -2.47. The van der Waals surface area contributed by atoms with Crippen LogP contribution in [0.25, 0.3) is 0 Å². The van der Waals surface area contributed by atoms with Gasteiger partial charge in [0, 0.05) is 13.1 Å². The average Bonchev–Trinajstić information content (AvgIpc) is 3.33. The maximum Gasteiger partial charge on any atom is 0.248 e. The van der Waals surface area contributed by atoms with E-state index in [1.54, 1.807) is 31.2 Å². The van der Waals surface area contributed by atoms with E-state index in [-0.39, 0.29) is 22.8 Å². The second-order valence-corrected chi connectivity index (χ2v) is 12.1. The number of sulfonamides is 2. The fourth-order valence-corrected chi connectivity index (χ4v) is 6.75. The van der Waals surface area contributed by atoms with Crippen LogP contribution in [0.3, 0.4) is 0 Å². The highest BCUT2D eigenvalue weighted by Gasteiger charge is 2.33. The van der Waals surface area contributed by atoms with Crippen molar-refractivity contribution in [2.24, 2.45) is 0 Å². The van der Waals surface area contributed by atoms with E-state index in [1.165, 1.54) is 29.6 Å². The number of carbonyl (C=O) groups excluding carboxylic acids is 1. The number of amides is 1. The van der Waals surface area contributed by atoms with Crippen molar-refractivity contribution < 1.29 is 26.4 Å². The molecule has 1 fully saturated rings. The first-order valence-electron chi connectivity index (χ1n) is 11.0. The summed E-state index contributed by atoms with van der Waals surface area (Å²) in [6.07, 6.45) is 2.85. The fraction of sp³-hybridized carbons (Fsp3) is 0.435. The summed E-state index contributed by atoms with van der Waals surface area (Å²) in [5.74, 6) is -0.327. The number of aryl methyl sites for hydroxylation is 1. The Morgan fingerprint density at radius 1 is 1.09 bits per heavy atom. The van der Waals surface area contributed by atoms with E-state index < -0.39 is 32.0 Å². The molecule has 2 aromatic rings. The third-order valence-corrected chi connectivity index (χ3v) is 8.82. The second kappa shape index (κ2) is 10.3. The molecule has 2 aromatic carbocycles. The van der Waals surface area contributed by atoms with Crippen LogP contribution < -0.4 is 14.4 Å². The fourth-order valence-electron chi connectivity index (χ4n) is 3.99. The molecule has 1 N–H and O–H groups in total. The summed E-state index contributed by atoms with van der Waals surface area (Å²) in [4.78, 5) is 13.4. The summed E-state index contributed by atoms with van der Waals surface area (Å²) >= 11 is 0. The van der Waals surface area contributed by atoms with Crippen LogP contribution in [0.4, 0.5) is 11.4 Å². The average molecular weight is 510 g/mol. The first-order valence-corrected chi connectivity index (χ1v) is 14.3. The molecule has 0 radical (unpaired) electrons. The summed E-state index contributed by atoms with van der Waals surface area (Å²) in [5, 5.41) is 2.70. The van der Waals surface area contributed by atoms with Crippen molar-refractivity contribution in [3.05, 3.63) is 48.0 Å². The van der Waals surface area contributed by atoms with Gasteiger partial charge in [0.05, 0.1) is 29.6 Å². The number of rotatable bonds is 9. The van der Waals surface area contributed by atoms with Gasteiger partial charge < -0.3 is 10.1 Å². The van der Waals surface area contributed by atoms with Crippen LogP contribution in [0, 0.1) is 6.92 Å². The van der Waals surface area contributed by atoms with Crippen molar-refractivity contribution >= 4 is 37.3 Å². The summed E-state index contributed by atoms with van der Waals surface area (Å²) in [5.41, 5.74) is 1.48. The first kappa shape index (κ1) is 26.0. The molecule has 0 bridgehead atoms. The van der Waals surface area contributed by atoms with Gasteiger partial charge in [-0.2, -0.15) is 4.31 Å². The molecule has 0 unspecified atom stereocenters. The van der Waals surface area contributed by atoms with E-state index in [9.17, 15) is 21.6 Å². The van der Waals surface area contributed by atoms with Crippen LogP contribution in [0.2, 0.25) is 0 Å². The maximum absolute atomic E-state index is 13.3. The lowest BCUT2D eigenvalue weighted by Gasteiger charge is -2.30. The van der Waals surface area contributed by atoms with Crippen molar-refractivity contribution in [1.82, 2.24) is 4.31 Å². The van der Waals surface area contributed by atoms with Crippen LogP contribution in [0.15, 0.2) is 47.4 Å². The zero-order valence-electron chi connectivity index (χ0n) is 19.8. The Morgan fingerprint density at radius 2 is 1.71 bits per heavy atom. The molecule has 1 amide bonds. The minimum Gasteiger partial charge on any atom is -0.495 e. The molecule has 1 aliphatic heterocycles. The standard InChI is InChI=1S/C23H31N3O6S2/c1-5-21(26(33(4,28)29)18-10-8-17(2)9-11-18)23(27)24-20-16-19(12-13-22(20)32-3)34(30,31)25-14-6-7-15-25/h8-13,16,21H,5-7,14-15H2,1-4H3,(H,24,27)/t21-/m0/s1. The normalized spacial score (nSPS) is 15.6. The van der Waals surface area contributed by atoms with Crippen molar-refractivity contribution in [2.75, 3.05) is 36.1 Å². The van der Waals surface area contributed by atoms with Gasteiger partial charge in [-0.15, -0.1) is 0 Å². The molecule has 11 heteroatoms. The summed E-state index contributed by atoms with van der Waals surface area (Å²) < 4.78 is 59.2. The van der Waals surface area contributed by atoms with E-state index in [0.29, 0.717) is 18.8 Å². The van der Waals surface area contributed by atoms with Gasteiger partial charge in [-0.1, -0.05) is 24.6 Å². The van der Waals surface area contributed by atoms with Crippen LogP contribution >= 0.6 is 0 Å². The topological polar surface area (TPSA) is 113 Å². The summed E-state index contributed by atoms with van der Waals surface area (Å²) in [6.45, 7) is 4.50. The molecular formula is C23H31N3O6S2. The SMILES string of the molecule is CC[C@@H](C(=O)Nc1cc(S(=O)(=O)N2CCCC2)ccc1OC)N(c1ccc(C)cc1)S(C)(=O)=O. The quantitative estimate of drug-likeness (QED) is 0.556. The smallest absolute Gasteiger partial charge is 0.248 e. The van der Waals surface area contributed by atoms with Gasteiger partial charge in [0.2, 0.25) is 26.0 Å². The molecule has 1 atom stereocenters. The Morgan fingerprint density at radius 3 is 2.24 bits per heavy atom. The van der Waals surface area contributed by atoms with Crippen molar-refractivity contribution in [2.45, 2.75) is 44.0 Å². The van der Waals surface area contributed by atoms with E-state index in [1.807, 2.05) is 6.92 Å². The monoisotopic (exact) mass is 509 g/mol. The number of hydrogen-bond donors (Lipinski definition) is 1. The molecule has 34 heavy (non-hydrogen) atoms. The van der Waals surface area contributed by atoms with Crippen molar-refractivity contribution in [3.8, 4) is 5.75 Å². The van der Waals surface area contributed by atoms with Gasteiger partial charge in [0.25, 0.3) is 0 Å². The molecular weight excluding hydrogens is 478 g/mol. The van der Waals surface area contributed by atoms with Gasteiger partial charge in [-0.05, 0) is 56.5 Å². The molecule has 0 spiro atoms. The van der Waals surface area contributed by atoms with E-state index in [2.05, 4.69) is 5.32 Å². The van der Waals surface area contributed by atoms with Crippen LogP contribution in [0.5, 0.6) is 5.75 Å². The van der Waals surface area contributed by atoms with Crippen LogP contribution in [0.1, 0.15) is 31.7 Å². The third-order valence-electron chi connectivity index (χ3n) is 5.75. The zero-order valence-corrected chi connectivity index (χ0v) is 21.4. The summed E-state index contributed by atoms with van der Waals surface area (Å²) in [6, 6.07) is 10.1. The molecule has 0 aliphatic carbocycles. The number of nitrogens with zero attached hydrogens (tertiary/aromatic N) is 2. The lowest BCUT2D eigenvalue weighted by atomic mass is 10.1. The number of methoxy groups -OCH3 is 1. The molecule has 0 aromatic heterocycles. The number of anilines is 2. The van der Waals surface area contributed by atoms with Crippen LogP contribution in [-0.4, -0.2) is 59.5 Å². The molecule has 186 valence electrons. The van der Waals surface area contributed by atoms with Gasteiger partial charge in [0.15, 0.2) is 0 Å². The number of hydrogen-bond acceptors (Lipinski definition) is 6. The van der Waals surface area contributed by atoms with Crippen LogP contribution in [-0.2, 0) is 24.8 Å². The molecule has 1 aliphatic rings. The highest BCUT2D eigenvalue weighted by atomic mass is 32.2. The highest BCUT2D eigenvalue weighted by molar-refractivity contribution is 7.92. The minimum absolute atomic E-state index is 0.0389. The van der Waals surface area contributed by atoms with Gasteiger partial charge in [-0.3, -0.25) is 9.10 Å². The maximum atomic E-state index is 13.3. The van der Waals surface area contributed by atoms with E-state index in [0.717, 1.165) is 29.0 Å². The van der Waals surface area contributed by atoms with Crippen molar-refractivity contribution in [3.63, 3.8) is 0 Å². The molecule has 3 rings (SSSR count). The summed E-state index contributed by atoms with van der Waals surface area (Å²) in [7, 11) is -6.10. The van der Waals surface area contributed by atoms with Crippen molar-refractivity contribution in [1.29, 1.82) is 0 Å². The largest absolute Gasteiger partial charge is 0.495 e. The Bertz CT molecular complexity index is 1240. The molecule has 1 heterocycles. The Balaban J connectivity index is 1.96. The highest BCUT2D eigenvalue weighted by Crippen LogP contribution is 2.31. The predicted octanol–water partition coefficient (Wildman–Crippen LogP) is 2.97. The molecule has 1 saturated heterocycles. The predicted molar refractivity (Wildman–Crippen MR) is 132 cm³/mol.